The van der Waals surface area contributed by atoms with Gasteiger partial charge in [-0.1, -0.05) is 23.7 Å². The van der Waals surface area contributed by atoms with Crippen LogP contribution in [0.2, 0.25) is 5.02 Å². The Balaban J connectivity index is 1.52. The van der Waals surface area contributed by atoms with Crippen LogP contribution in [0.3, 0.4) is 0 Å². The molecule has 0 bridgehead atoms. The molecular weight excluding hydrogens is 396 g/mol. The Morgan fingerprint density at radius 3 is 2.62 bits per heavy atom. The number of ether oxygens (including phenoxy) is 1. The van der Waals surface area contributed by atoms with Crippen molar-refractivity contribution >= 4 is 23.3 Å². The van der Waals surface area contributed by atoms with E-state index in [2.05, 4.69) is 25.3 Å². The van der Waals surface area contributed by atoms with E-state index in [1.54, 1.807) is 30.5 Å². The molecule has 1 aliphatic heterocycles. The van der Waals surface area contributed by atoms with Gasteiger partial charge in [0, 0.05) is 37.4 Å². The summed E-state index contributed by atoms with van der Waals surface area (Å²) in [7, 11) is 0. The van der Waals surface area contributed by atoms with Crippen LogP contribution in [0.1, 0.15) is 21.6 Å². The SMILES string of the molecule is O=C(NCc1ccc(Cl)cc1)c1cnc2ncc(CN3CCOCC3)nn2c1=O. The van der Waals surface area contributed by atoms with Crippen molar-refractivity contribution < 1.29 is 9.53 Å². The molecule has 0 spiro atoms. The highest BCUT2D eigenvalue weighted by molar-refractivity contribution is 6.30. The first-order valence-electron chi connectivity index (χ1n) is 9.17. The van der Waals surface area contributed by atoms with E-state index >= 15 is 0 Å². The first-order chi connectivity index (χ1) is 14.1. The topological polar surface area (TPSA) is 102 Å². The van der Waals surface area contributed by atoms with E-state index in [1.807, 2.05) is 0 Å². The number of morpholine rings is 1. The van der Waals surface area contributed by atoms with Gasteiger partial charge in [-0.05, 0) is 17.7 Å². The molecule has 4 rings (SSSR count). The summed E-state index contributed by atoms with van der Waals surface area (Å²) in [4.78, 5) is 35.7. The van der Waals surface area contributed by atoms with Gasteiger partial charge in [-0.3, -0.25) is 14.5 Å². The van der Waals surface area contributed by atoms with Gasteiger partial charge in [-0.25, -0.2) is 9.97 Å². The Kier molecular flexibility index (Phi) is 5.79. The van der Waals surface area contributed by atoms with Crippen LogP contribution in [0.4, 0.5) is 0 Å². The van der Waals surface area contributed by atoms with Crippen molar-refractivity contribution in [3.05, 3.63) is 68.9 Å². The summed E-state index contributed by atoms with van der Waals surface area (Å²) in [6.45, 7) is 3.73. The number of rotatable bonds is 5. The van der Waals surface area contributed by atoms with Crippen molar-refractivity contribution in [3.63, 3.8) is 0 Å². The number of carbonyl (C=O) groups is 1. The number of halogens is 1. The zero-order chi connectivity index (χ0) is 20.2. The second-order valence-electron chi connectivity index (χ2n) is 6.64. The van der Waals surface area contributed by atoms with E-state index in [4.69, 9.17) is 16.3 Å². The van der Waals surface area contributed by atoms with Gasteiger partial charge in [-0.15, -0.1) is 0 Å². The third-order valence-corrected chi connectivity index (χ3v) is 4.83. The lowest BCUT2D eigenvalue weighted by atomic mass is 10.2. The van der Waals surface area contributed by atoms with Gasteiger partial charge in [0.15, 0.2) is 0 Å². The van der Waals surface area contributed by atoms with Crippen molar-refractivity contribution in [1.29, 1.82) is 0 Å². The molecule has 1 N–H and O–H groups in total. The van der Waals surface area contributed by atoms with E-state index in [0.29, 0.717) is 30.5 Å². The number of fused-ring (bicyclic) bond motifs is 1. The highest BCUT2D eigenvalue weighted by Crippen LogP contribution is 2.09. The molecule has 9 nitrogen and oxygen atoms in total. The molecule has 0 unspecified atom stereocenters. The molecule has 1 saturated heterocycles. The molecule has 0 atom stereocenters. The lowest BCUT2D eigenvalue weighted by Gasteiger charge is -2.25. The summed E-state index contributed by atoms with van der Waals surface area (Å²) >= 11 is 5.86. The number of hydrogen-bond donors (Lipinski definition) is 1. The van der Waals surface area contributed by atoms with Crippen LogP contribution < -0.4 is 10.9 Å². The van der Waals surface area contributed by atoms with Crippen molar-refractivity contribution in [2.75, 3.05) is 26.3 Å². The quantitative estimate of drug-likeness (QED) is 0.661. The summed E-state index contributed by atoms with van der Waals surface area (Å²) in [5.74, 6) is -0.373. The first-order valence-corrected chi connectivity index (χ1v) is 9.55. The van der Waals surface area contributed by atoms with Crippen LogP contribution >= 0.6 is 11.6 Å². The summed E-state index contributed by atoms with van der Waals surface area (Å²) in [5, 5.41) is 7.67. The average molecular weight is 415 g/mol. The fraction of sp³-hybridized carbons (Fsp3) is 0.316. The zero-order valence-electron chi connectivity index (χ0n) is 15.5. The van der Waals surface area contributed by atoms with Crippen molar-refractivity contribution in [2.45, 2.75) is 13.1 Å². The smallest absolute Gasteiger partial charge is 0.288 e. The zero-order valence-corrected chi connectivity index (χ0v) is 16.3. The van der Waals surface area contributed by atoms with Gasteiger partial charge >= 0.3 is 0 Å². The molecule has 1 amide bonds. The van der Waals surface area contributed by atoms with Crippen LogP contribution in [0.15, 0.2) is 41.5 Å². The fourth-order valence-electron chi connectivity index (χ4n) is 3.00. The largest absolute Gasteiger partial charge is 0.379 e. The predicted molar refractivity (Wildman–Crippen MR) is 106 cm³/mol. The molecular formula is C19H19ClN6O3. The molecule has 3 aromatic rings. The number of carbonyl (C=O) groups excluding carboxylic acids is 1. The van der Waals surface area contributed by atoms with E-state index in [0.717, 1.165) is 23.2 Å². The maximum Gasteiger partial charge on any atom is 0.288 e. The second kappa shape index (κ2) is 8.64. The van der Waals surface area contributed by atoms with Crippen molar-refractivity contribution in [3.8, 4) is 0 Å². The van der Waals surface area contributed by atoms with Crippen LogP contribution in [-0.4, -0.2) is 56.7 Å². The number of benzene rings is 1. The minimum absolute atomic E-state index is 0.0886. The minimum atomic E-state index is -0.556. The van der Waals surface area contributed by atoms with Crippen molar-refractivity contribution in [1.82, 2.24) is 29.8 Å². The molecule has 1 aliphatic rings. The predicted octanol–water partition coefficient (Wildman–Crippen LogP) is 0.900. The summed E-state index contributed by atoms with van der Waals surface area (Å²) in [6, 6.07) is 7.08. The maximum atomic E-state index is 12.8. The fourth-order valence-corrected chi connectivity index (χ4v) is 3.12. The highest BCUT2D eigenvalue weighted by atomic mass is 35.5. The summed E-state index contributed by atoms with van der Waals surface area (Å²) < 4.78 is 6.41. The molecule has 10 heteroatoms. The standard InChI is InChI=1S/C19H19ClN6O3/c20-14-3-1-13(2-4-14)9-21-17(27)16-11-23-19-22-10-15(24-26(19)18(16)28)12-25-5-7-29-8-6-25/h1-4,10-11H,5-9,12H2,(H,21,27). The lowest BCUT2D eigenvalue weighted by Crippen LogP contribution is -2.36. The maximum absolute atomic E-state index is 12.8. The van der Waals surface area contributed by atoms with Crippen molar-refractivity contribution in [2.24, 2.45) is 0 Å². The van der Waals surface area contributed by atoms with E-state index in [1.165, 1.54) is 6.20 Å². The van der Waals surface area contributed by atoms with Crippen LogP contribution in [0.5, 0.6) is 0 Å². The molecule has 0 radical (unpaired) electrons. The van der Waals surface area contributed by atoms with Crippen LogP contribution in [-0.2, 0) is 17.8 Å². The Morgan fingerprint density at radius 1 is 1.14 bits per heavy atom. The third-order valence-electron chi connectivity index (χ3n) is 4.58. The number of nitrogens with one attached hydrogen (secondary N) is 1. The van der Waals surface area contributed by atoms with Gasteiger partial charge in [0.25, 0.3) is 17.2 Å². The number of nitrogens with zero attached hydrogens (tertiary/aromatic N) is 5. The Labute approximate surface area is 171 Å². The van der Waals surface area contributed by atoms with Gasteiger partial charge in [0.1, 0.15) is 5.56 Å². The van der Waals surface area contributed by atoms with E-state index < -0.39 is 11.5 Å². The molecule has 29 heavy (non-hydrogen) atoms. The van der Waals surface area contributed by atoms with Gasteiger partial charge in [0.05, 0.1) is 25.1 Å². The highest BCUT2D eigenvalue weighted by Gasteiger charge is 2.16. The molecule has 3 heterocycles. The molecule has 1 aromatic carbocycles. The Bertz CT molecular complexity index is 1080. The van der Waals surface area contributed by atoms with E-state index in [-0.39, 0.29) is 17.9 Å². The average Bonchev–Trinajstić information content (AvgIpc) is 2.74. The van der Waals surface area contributed by atoms with Gasteiger partial charge in [-0.2, -0.15) is 9.61 Å². The monoisotopic (exact) mass is 414 g/mol. The second-order valence-corrected chi connectivity index (χ2v) is 7.07. The first kappa shape index (κ1) is 19.4. The lowest BCUT2D eigenvalue weighted by molar-refractivity contribution is 0.0334. The van der Waals surface area contributed by atoms with Gasteiger partial charge < -0.3 is 10.1 Å². The van der Waals surface area contributed by atoms with Crippen LogP contribution in [0, 0.1) is 0 Å². The number of amides is 1. The van der Waals surface area contributed by atoms with E-state index in [9.17, 15) is 9.59 Å². The normalized spacial score (nSPS) is 14.8. The third kappa shape index (κ3) is 4.58. The molecule has 2 aromatic heterocycles. The Hall–Kier alpha value is -2.88. The number of aromatic nitrogens is 4. The minimum Gasteiger partial charge on any atom is -0.379 e. The molecule has 1 fully saturated rings. The Morgan fingerprint density at radius 2 is 1.86 bits per heavy atom. The number of hydrogen-bond acceptors (Lipinski definition) is 7. The molecule has 150 valence electrons. The summed E-state index contributed by atoms with van der Waals surface area (Å²) in [5.41, 5.74) is 0.848. The molecule has 0 saturated carbocycles. The van der Waals surface area contributed by atoms with Crippen LogP contribution in [0.25, 0.3) is 5.78 Å². The summed E-state index contributed by atoms with van der Waals surface area (Å²) in [6.07, 6.45) is 2.82. The molecule has 0 aliphatic carbocycles. The van der Waals surface area contributed by atoms with Gasteiger partial charge in [0.2, 0.25) is 0 Å².